The highest BCUT2D eigenvalue weighted by atomic mass is 32.3. The van der Waals surface area contributed by atoms with Gasteiger partial charge in [0.15, 0.2) is 14.6 Å². The van der Waals surface area contributed by atoms with Crippen molar-refractivity contribution >= 4 is 24.7 Å². The van der Waals surface area contributed by atoms with Crippen LogP contribution in [0.4, 0.5) is 0 Å². The smallest absolute Gasteiger partial charge is 0.397 e. The average molecular weight is 590 g/mol. The largest absolute Gasteiger partial charge is 0.459 e. The Balaban J connectivity index is 1.86. The number of benzene rings is 1. The molecule has 1 aliphatic rings. The highest BCUT2D eigenvalue weighted by Crippen LogP contribution is 2.37. The van der Waals surface area contributed by atoms with Crippen LogP contribution in [0.3, 0.4) is 0 Å². The summed E-state index contributed by atoms with van der Waals surface area (Å²) in [4.78, 5) is 17.5. The molecule has 0 saturated carbocycles. The molecule has 1 heterocycles. The number of aryl methyl sites for hydroxylation is 1. The van der Waals surface area contributed by atoms with Crippen LogP contribution in [0.5, 0.6) is 0 Å². The summed E-state index contributed by atoms with van der Waals surface area (Å²) in [6, 6.07) is 10.4. The molecule has 1 aromatic rings. The van der Waals surface area contributed by atoms with Gasteiger partial charge in [-0.2, -0.15) is 8.42 Å². The highest BCUT2D eigenvalue weighted by molar-refractivity contribution is 7.80. The van der Waals surface area contributed by atoms with Gasteiger partial charge in [-0.1, -0.05) is 76.8 Å². The van der Waals surface area contributed by atoms with E-state index in [-0.39, 0.29) is 24.5 Å². The third-order valence-electron chi connectivity index (χ3n) is 7.51. The van der Waals surface area contributed by atoms with Gasteiger partial charge >= 0.3 is 16.4 Å². The van der Waals surface area contributed by atoms with E-state index in [0.717, 1.165) is 38.5 Å². The van der Waals surface area contributed by atoms with Crippen molar-refractivity contribution in [2.45, 2.75) is 121 Å². The molecule has 0 aromatic heterocycles. The van der Waals surface area contributed by atoms with E-state index >= 15 is 0 Å². The summed E-state index contributed by atoms with van der Waals surface area (Å²) in [5.74, 6) is 4.87. The number of hydrogen-bond donors (Lipinski definition) is 2. The van der Waals surface area contributed by atoms with Crippen LogP contribution in [0.25, 0.3) is 0 Å². The lowest BCUT2D eigenvalue weighted by Gasteiger charge is -2.42. The van der Waals surface area contributed by atoms with Crippen molar-refractivity contribution in [1.29, 1.82) is 0 Å². The third kappa shape index (κ3) is 12.3. The predicted molar refractivity (Wildman–Crippen MR) is 150 cm³/mol. The zero-order chi connectivity index (χ0) is 29.1. The molecule has 1 saturated heterocycles. The van der Waals surface area contributed by atoms with Gasteiger partial charge in [-0.05, 0) is 43.0 Å². The Bertz CT molecular complexity index is 969. The minimum Gasteiger partial charge on any atom is -0.459 e. The van der Waals surface area contributed by atoms with E-state index in [4.69, 9.17) is 28.8 Å². The molecule has 12 heteroatoms. The Morgan fingerprint density at radius 2 is 1.69 bits per heavy atom. The average Bonchev–Trinajstić information content (AvgIpc) is 2.84. The van der Waals surface area contributed by atoms with Gasteiger partial charge in [0.1, 0.15) is 18.3 Å². The second-order valence-electron chi connectivity index (χ2n) is 11.7. The van der Waals surface area contributed by atoms with Crippen LogP contribution in [0.15, 0.2) is 30.3 Å². The van der Waals surface area contributed by atoms with E-state index in [9.17, 15) is 17.8 Å². The zero-order valence-corrected chi connectivity index (χ0v) is 25.8. The number of esters is 1. The lowest BCUT2D eigenvalue weighted by atomic mass is 10.0. The normalized spacial score (nSPS) is 22.5. The molecular weight excluding hydrogens is 542 g/mol. The first-order chi connectivity index (χ1) is 18.2. The van der Waals surface area contributed by atoms with Gasteiger partial charge in [-0.25, -0.2) is 10.1 Å². The number of nitrogens with two attached hydrogens (primary N) is 1. The zero-order valence-electron chi connectivity index (χ0n) is 24.0. The van der Waals surface area contributed by atoms with Crippen molar-refractivity contribution in [3.05, 3.63) is 35.9 Å². The van der Waals surface area contributed by atoms with Crippen molar-refractivity contribution in [3.63, 3.8) is 0 Å². The summed E-state index contributed by atoms with van der Waals surface area (Å²) in [5, 5.41) is -0.112. The Hall–Kier alpha value is -1.38. The molecule has 0 bridgehead atoms. The summed E-state index contributed by atoms with van der Waals surface area (Å²) < 4.78 is 55.2. The lowest BCUT2D eigenvalue weighted by Crippen LogP contribution is -2.56. The second kappa shape index (κ2) is 15.6. The number of hydrogen-bond acceptors (Lipinski definition) is 9. The first-order valence-corrected chi connectivity index (χ1v) is 18.0. The molecular formula is C27H47NO9SSi. The summed E-state index contributed by atoms with van der Waals surface area (Å²) in [5.41, 5.74) is 1.35. The van der Waals surface area contributed by atoms with Gasteiger partial charge < -0.3 is 13.9 Å². The highest BCUT2D eigenvalue weighted by Gasteiger charge is 2.46. The Morgan fingerprint density at radius 1 is 1.08 bits per heavy atom. The minimum atomic E-state index is -4.87. The van der Waals surface area contributed by atoms with E-state index in [1.165, 1.54) is 5.56 Å². The van der Waals surface area contributed by atoms with Crippen LogP contribution in [0.1, 0.15) is 77.7 Å². The van der Waals surface area contributed by atoms with E-state index < -0.39 is 49.3 Å². The molecule has 0 aliphatic carbocycles. The maximum atomic E-state index is 12.6. The monoisotopic (exact) mass is 589 g/mol. The maximum absolute atomic E-state index is 12.6. The van der Waals surface area contributed by atoms with Crippen LogP contribution in [-0.4, -0.2) is 58.5 Å². The van der Waals surface area contributed by atoms with E-state index in [2.05, 4.69) is 45.0 Å². The first-order valence-electron chi connectivity index (χ1n) is 13.8. The Morgan fingerprint density at radius 3 is 2.28 bits per heavy atom. The van der Waals surface area contributed by atoms with E-state index in [1.54, 1.807) is 0 Å². The minimum absolute atomic E-state index is 0.0468. The van der Waals surface area contributed by atoms with Gasteiger partial charge in [0.05, 0.1) is 6.61 Å². The van der Waals surface area contributed by atoms with Gasteiger partial charge in [-0.3, -0.25) is 14.2 Å². The van der Waals surface area contributed by atoms with Gasteiger partial charge in [0.25, 0.3) is 0 Å². The topological polar surface area (TPSA) is 144 Å². The van der Waals surface area contributed by atoms with Crippen molar-refractivity contribution in [2.24, 2.45) is 5.90 Å². The van der Waals surface area contributed by atoms with E-state index in [1.807, 2.05) is 19.2 Å². The quantitative estimate of drug-likeness (QED) is 0.0880. The standard InChI is InChI=1S/C27H47NO9SSi/c1-27(2,3)39(4,5)33-20-23-26(37-38(30,31)32)22(19-25(35-23)36-28)34-24(29)18-14-9-7-6-8-11-15-21-16-12-10-13-17-21/h10,12-13,16-17,22-23,25-26H,6-9,11,14-15,18-20,28H2,1-5H3,(H,30,31,32)/t22-,23-,25?,26+/m1/s1. The molecule has 0 radical (unpaired) electrons. The van der Waals surface area contributed by atoms with Crippen LogP contribution >= 0.6 is 0 Å². The number of ether oxygens (including phenoxy) is 2. The van der Waals surface area contributed by atoms with Gasteiger partial charge in [-0.15, -0.1) is 0 Å². The maximum Gasteiger partial charge on any atom is 0.397 e. The van der Waals surface area contributed by atoms with Crippen molar-refractivity contribution in [1.82, 2.24) is 0 Å². The number of carbonyl (C=O) groups excluding carboxylic acids is 1. The van der Waals surface area contributed by atoms with Gasteiger partial charge in [0, 0.05) is 12.8 Å². The molecule has 10 nitrogen and oxygen atoms in total. The molecule has 1 aliphatic heterocycles. The van der Waals surface area contributed by atoms with Crippen molar-refractivity contribution < 1.29 is 40.7 Å². The summed E-state index contributed by atoms with van der Waals surface area (Å²) >= 11 is 0. The molecule has 39 heavy (non-hydrogen) atoms. The SMILES string of the molecule is CC(C)(C)[Si](C)(C)OC[C@H]1OC(ON)C[C@@H](OC(=O)CCCCCCCCc2ccccc2)[C@@H]1OS(=O)(=O)O. The van der Waals surface area contributed by atoms with Crippen LogP contribution in [-0.2, 0) is 44.5 Å². The fourth-order valence-corrected chi connectivity index (χ4v) is 5.72. The summed E-state index contributed by atoms with van der Waals surface area (Å²) in [6.45, 7) is 10.2. The number of unbranched alkanes of at least 4 members (excludes halogenated alkanes) is 5. The first kappa shape index (κ1) is 33.8. The molecule has 0 amide bonds. The van der Waals surface area contributed by atoms with Crippen molar-refractivity contribution in [3.8, 4) is 0 Å². The van der Waals surface area contributed by atoms with Crippen LogP contribution in [0, 0.1) is 0 Å². The second-order valence-corrected chi connectivity index (χ2v) is 17.5. The fraction of sp³-hybridized carbons (Fsp3) is 0.741. The lowest BCUT2D eigenvalue weighted by molar-refractivity contribution is -0.257. The number of rotatable bonds is 16. The molecule has 4 atom stereocenters. The van der Waals surface area contributed by atoms with Crippen LogP contribution < -0.4 is 5.90 Å². The van der Waals surface area contributed by atoms with Crippen LogP contribution in [0.2, 0.25) is 18.1 Å². The van der Waals surface area contributed by atoms with Crippen molar-refractivity contribution in [2.75, 3.05) is 6.61 Å². The summed E-state index contributed by atoms with van der Waals surface area (Å²) in [7, 11) is -7.11. The fourth-order valence-electron chi connectivity index (χ4n) is 4.18. The molecule has 1 unspecified atom stereocenters. The molecule has 224 valence electrons. The molecule has 0 spiro atoms. The van der Waals surface area contributed by atoms with Gasteiger partial charge in [0.2, 0.25) is 0 Å². The Kier molecular flexibility index (Phi) is 13.5. The molecule has 3 N–H and O–H groups in total. The predicted octanol–water partition coefficient (Wildman–Crippen LogP) is 5.09. The molecule has 2 rings (SSSR count). The summed E-state index contributed by atoms with van der Waals surface area (Å²) in [6.07, 6.45) is 2.77. The number of carbonyl (C=O) groups is 1. The third-order valence-corrected chi connectivity index (χ3v) is 12.5. The Labute approximate surface area is 234 Å². The molecule has 1 fully saturated rings. The van der Waals surface area contributed by atoms with E-state index in [0.29, 0.717) is 6.42 Å². The molecule has 1 aromatic carbocycles.